The zero-order valence-electron chi connectivity index (χ0n) is 5.57. The van der Waals surface area contributed by atoms with Gasteiger partial charge in [0.2, 0.25) is 0 Å². The van der Waals surface area contributed by atoms with Gasteiger partial charge in [-0.25, -0.2) is 8.42 Å². The van der Waals surface area contributed by atoms with Gasteiger partial charge < -0.3 is 19.4 Å². The molecular weight excluding hydrogens is 281 g/mol. The minimum atomic E-state index is -6.09. The van der Waals surface area contributed by atoms with E-state index in [1.165, 1.54) is 0 Å². The third-order valence-electron chi connectivity index (χ3n) is 0.283. The molecule has 0 aliphatic heterocycles. The molecule has 76 valence electrons. The molecule has 0 bridgehead atoms. The molecule has 11 heavy (non-hydrogen) atoms. The maximum atomic E-state index is 10.7. The van der Waals surface area contributed by atoms with Crippen LogP contribution in [0.2, 0.25) is 0 Å². The van der Waals surface area contributed by atoms with E-state index in [4.69, 9.17) is 13.0 Å². The van der Waals surface area contributed by atoms with E-state index in [0.29, 0.717) is 0 Å². The number of halogens is 3. The summed E-state index contributed by atoms with van der Waals surface area (Å²) in [5.74, 6) is 0. The van der Waals surface area contributed by atoms with E-state index < -0.39 is 15.6 Å². The Hall–Kier alpha value is 0.440. The van der Waals surface area contributed by atoms with Crippen LogP contribution in [0.15, 0.2) is 0 Å². The molecule has 8 heteroatoms. The second-order valence-corrected chi connectivity index (χ2v) is 2.27. The summed E-state index contributed by atoms with van der Waals surface area (Å²) in [6.45, 7) is 0. The molecule has 0 spiro atoms. The third kappa shape index (κ3) is 8.35. The molecule has 0 radical (unpaired) electrons. The Kier molecular flexibility index (Phi) is 12.3. The van der Waals surface area contributed by atoms with Gasteiger partial charge in [-0.2, -0.15) is 13.2 Å². The molecule has 0 aliphatic carbocycles. The second-order valence-electron chi connectivity index (χ2n) is 0.900. The molecule has 0 saturated heterocycles. The van der Waals surface area contributed by atoms with Crippen LogP contribution in [0.3, 0.4) is 0 Å². The first-order valence-electron chi connectivity index (χ1n) is 1.27. The van der Waals surface area contributed by atoms with Gasteiger partial charge in [0, 0.05) is 0 Å². The zero-order chi connectivity index (χ0) is 7.00. The zero-order valence-corrected chi connectivity index (χ0v) is 7.87. The molecule has 0 aromatic heterocycles. The van der Waals surface area contributed by atoms with Crippen LogP contribution in [0.4, 0.5) is 13.2 Å². The Labute approximate surface area is 79.2 Å². The maximum absolute atomic E-state index is 10.7. The van der Waals surface area contributed by atoms with Gasteiger partial charge in [-0.15, -0.1) is 0 Å². The van der Waals surface area contributed by atoms with Crippen molar-refractivity contribution in [3.05, 3.63) is 14.9 Å². The van der Waals surface area contributed by atoms with Crippen molar-refractivity contribution in [3.63, 3.8) is 0 Å². The third-order valence-corrected chi connectivity index (χ3v) is 0.850. The van der Waals surface area contributed by atoms with Crippen LogP contribution >= 0.6 is 0 Å². The fourth-order valence-electron chi connectivity index (χ4n) is 0. The van der Waals surface area contributed by atoms with E-state index in [1.807, 2.05) is 0 Å². The average molecular weight is 287 g/mol. The van der Waals surface area contributed by atoms with Crippen molar-refractivity contribution >= 4 is 10.1 Å². The normalized spacial score (nSPS) is 10.2. The van der Waals surface area contributed by atoms with Gasteiger partial charge in [0.25, 0.3) is 0 Å². The Morgan fingerprint density at radius 3 is 1.18 bits per heavy atom. The Morgan fingerprint density at radius 1 is 1.09 bits per heavy atom. The summed E-state index contributed by atoms with van der Waals surface area (Å²) in [5.41, 5.74) is -5.65. The Bertz CT molecular complexity index is 173. The molecule has 0 heterocycles. The molecule has 0 aliphatic rings. The Morgan fingerprint density at radius 2 is 1.18 bits per heavy atom. The number of alkyl halides is 3. The molecule has 0 saturated carbocycles. The van der Waals surface area contributed by atoms with E-state index >= 15 is 0 Å². The van der Waals surface area contributed by atoms with E-state index in [9.17, 15) is 13.2 Å². The standard InChI is InChI=1S/CHF3O3S.2CH3.Ag/c2-1(3,4)8(5,6)7;;;/h(H,5,6,7);2*1H3;/q;2*-1;+1/p-1. The van der Waals surface area contributed by atoms with Gasteiger partial charge in [0.15, 0.2) is 10.1 Å². The molecule has 3 nitrogen and oxygen atoms in total. The fourth-order valence-corrected chi connectivity index (χ4v) is 0. The summed E-state index contributed by atoms with van der Waals surface area (Å²) < 4.78 is 58.9. The quantitative estimate of drug-likeness (QED) is 0.288. The van der Waals surface area contributed by atoms with Crippen molar-refractivity contribution in [1.29, 1.82) is 0 Å². The molecule has 0 N–H and O–H groups in total. The van der Waals surface area contributed by atoms with Crippen LogP contribution in [0.5, 0.6) is 0 Å². The van der Waals surface area contributed by atoms with Gasteiger partial charge in [-0.3, -0.25) is 0 Å². The van der Waals surface area contributed by atoms with E-state index in [2.05, 4.69) is 0 Å². The first-order valence-corrected chi connectivity index (χ1v) is 2.68. The van der Waals surface area contributed by atoms with Crippen LogP contribution in [-0.4, -0.2) is 18.5 Å². The predicted octanol–water partition coefficient (Wildman–Crippen LogP) is 0.949. The van der Waals surface area contributed by atoms with Crippen LogP contribution in [0.25, 0.3) is 0 Å². The van der Waals surface area contributed by atoms with Crippen LogP contribution < -0.4 is 0 Å². The summed E-state index contributed by atoms with van der Waals surface area (Å²) in [7, 11) is -6.09. The minimum absolute atomic E-state index is 0. The molecule has 0 aromatic rings. The number of hydrogen-bond acceptors (Lipinski definition) is 3. The van der Waals surface area contributed by atoms with Crippen LogP contribution in [0, 0.1) is 14.9 Å². The van der Waals surface area contributed by atoms with E-state index in [1.54, 1.807) is 0 Å². The van der Waals surface area contributed by atoms with Crippen molar-refractivity contribution < 1.29 is 48.5 Å². The average Bonchev–Trinajstić information content (AvgIpc) is 1.25. The maximum Gasteiger partial charge on any atom is 1.00 e. The number of hydrogen-bond donors (Lipinski definition) is 0. The Balaban J connectivity index is -0.0000000817. The minimum Gasteiger partial charge on any atom is -0.741 e. The molecule has 0 atom stereocenters. The van der Waals surface area contributed by atoms with Crippen molar-refractivity contribution in [1.82, 2.24) is 0 Å². The van der Waals surface area contributed by atoms with Gasteiger partial charge >= 0.3 is 27.9 Å². The number of rotatable bonds is 0. The fraction of sp³-hybridized carbons (Fsp3) is 0.333. The summed E-state index contributed by atoms with van der Waals surface area (Å²) in [5, 5.41) is 0. The molecule has 0 fully saturated rings. The largest absolute Gasteiger partial charge is 1.00 e. The van der Waals surface area contributed by atoms with Crippen LogP contribution in [-0.2, 0) is 32.5 Å². The van der Waals surface area contributed by atoms with Crippen molar-refractivity contribution in [3.8, 4) is 0 Å². The predicted molar refractivity (Wildman–Crippen MR) is 28.6 cm³/mol. The summed E-state index contributed by atoms with van der Waals surface area (Å²) in [6.07, 6.45) is 0. The monoisotopic (exact) mass is 286 g/mol. The molecule has 0 amide bonds. The van der Waals surface area contributed by atoms with Crippen LogP contribution in [0.1, 0.15) is 0 Å². The van der Waals surface area contributed by atoms with Crippen molar-refractivity contribution in [2.24, 2.45) is 0 Å². The summed E-state index contributed by atoms with van der Waals surface area (Å²) >= 11 is 0. The molecular formula is C3H6AgF3O3S-2. The first kappa shape index (κ1) is 22.5. The van der Waals surface area contributed by atoms with Gasteiger partial charge in [0.1, 0.15) is 0 Å². The van der Waals surface area contributed by atoms with Gasteiger partial charge in [-0.1, -0.05) is 0 Å². The smallest absolute Gasteiger partial charge is 0.741 e. The summed E-state index contributed by atoms with van der Waals surface area (Å²) in [6, 6.07) is 0. The summed E-state index contributed by atoms with van der Waals surface area (Å²) in [4.78, 5) is 0. The van der Waals surface area contributed by atoms with Gasteiger partial charge in [-0.05, 0) is 0 Å². The topological polar surface area (TPSA) is 57.2 Å². The SMILES string of the molecule is O=S(=O)([O-])C(F)(F)F.[Ag+].[CH3-].[CH3-]. The van der Waals surface area contributed by atoms with Crippen molar-refractivity contribution in [2.75, 3.05) is 0 Å². The molecule has 0 rings (SSSR count). The molecule has 0 aromatic carbocycles. The van der Waals surface area contributed by atoms with Crippen molar-refractivity contribution in [2.45, 2.75) is 5.51 Å². The van der Waals surface area contributed by atoms with E-state index in [0.717, 1.165) is 0 Å². The first-order chi connectivity index (χ1) is 3.25. The van der Waals surface area contributed by atoms with E-state index in [-0.39, 0.29) is 37.2 Å². The van der Waals surface area contributed by atoms with Gasteiger partial charge in [0.05, 0.1) is 0 Å². The second kappa shape index (κ2) is 6.01. The molecule has 0 unspecified atom stereocenters.